The van der Waals surface area contributed by atoms with Crippen LogP contribution in [0.1, 0.15) is 50.9 Å². The fourth-order valence-corrected chi connectivity index (χ4v) is 2.81. The van der Waals surface area contributed by atoms with Gasteiger partial charge in [-0.3, -0.25) is 14.6 Å². The maximum absolute atomic E-state index is 12.5. The van der Waals surface area contributed by atoms with E-state index in [2.05, 4.69) is 23.8 Å². The predicted octanol–water partition coefficient (Wildman–Crippen LogP) is 2.47. The van der Waals surface area contributed by atoms with Gasteiger partial charge in [0.25, 0.3) is 0 Å². The SMILES string of the molecule is COc1cnc(C2C(=O)CC(C)(C(C)C)CC2=O)c(C)n1. The minimum atomic E-state index is -0.768. The van der Waals surface area contributed by atoms with E-state index in [0.29, 0.717) is 30.1 Å². The van der Waals surface area contributed by atoms with Crippen LogP contribution in [0.15, 0.2) is 6.20 Å². The number of aryl methyl sites for hydroxylation is 1. The molecule has 1 aromatic heterocycles. The van der Waals surface area contributed by atoms with E-state index in [1.165, 1.54) is 13.3 Å². The number of hydrogen-bond acceptors (Lipinski definition) is 5. The molecular weight excluding hydrogens is 268 g/mol. The predicted molar refractivity (Wildman–Crippen MR) is 78.3 cm³/mol. The van der Waals surface area contributed by atoms with Crippen LogP contribution in [-0.4, -0.2) is 28.6 Å². The van der Waals surface area contributed by atoms with E-state index in [1.54, 1.807) is 6.92 Å². The summed E-state index contributed by atoms with van der Waals surface area (Å²) in [4.78, 5) is 33.5. The lowest BCUT2D eigenvalue weighted by Crippen LogP contribution is -2.41. The third kappa shape index (κ3) is 2.82. The summed E-state index contributed by atoms with van der Waals surface area (Å²) in [5.41, 5.74) is 0.796. The number of ketones is 2. The van der Waals surface area contributed by atoms with Crippen molar-refractivity contribution < 1.29 is 14.3 Å². The number of aromatic nitrogens is 2. The molecule has 5 heteroatoms. The number of carbonyl (C=O) groups is 2. The second-order valence-electron chi connectivity index (χ2n) is 6.41. The van der Waals surface area contributed by atoms with Gasteiger partial charge >= 0.3 is 0 Å². The summed E-state index contributed by atoms with van der Waals surface area (Å²) >= 11 is 0. The molecule has 0 saturated heterocycles. The fraction of sp³-hybridized carbons (Fsp3) is 0.625. The Hall–Kier alpha value is -1.78. The molecule has 0 aliphatic heterocycles. The summed E-state index contributed by atoms with van der Waals surface area (Å²) in [5, 5.41) is 0. The van der Waals surface area contributed by atoms with Gasteiger partial charge in [0.2, 0.25) is 5.88 Å². The third-order valence-electron chi connectivity index (χ3n) is 4.64. The van der Waals surface area contributed by atoms with E-state index in [9.17, 15) is 9.59 Å². The summed E-state index contributed by atoms with van der Waals surface area (Å²) in [5.74, 6) is -0.196. The van der Waals surface area contributed by atoms with Crippen LogP contribution < -0.4 is 4.74 Å². The number of carbonyl (C=O) groups excluding carboxylic acids is 2. The van der Waals surface area contributed by atoms with Crippen LogP contribution in [0.25, 0.3) is 0 Å². The first kappa shape index (κ1) is 15.6. The van der Waals surface area contributed by atoms with Gasteiger partial charge < -0.3 is 4.74 Å². The molecule has 0 spiro atoms. The maximum Gasteiger partial charge on any atom is 0.232 e. The monoisotopic (exact) mass is 290 g/mol. The molecule has 0 amide bonds. The van der Waals surface area contributed by atoms with Crippen molar-refractivity contribution in [1.82, 2.24) is 9.97 Å². The molecule has 2 rings (SSSR count). The molecule has 114 valence electrons. The molecule has 5 nitrogen and oxygen atoms in total. The molecule has 0 atom stereocenters. The van der Waals surface area contributed by atoms with E-state index in [4.69, 9.17) is 4.74 Å². The normalized spacial score (nSPS) is 26.3. The summed E-state index contributed by atoms with van der Waals surface area (Å²) in [6, 6.07) is 0. The molecule has 1 saturated carbocycles. The smallest absolute Gasteiger partial charge is 0.232 e. The van der Waals surface area contributed by atoms with Crippen LogP contribution in [0.5, 0.6) is 5.88 Å². The Bertz CT molecular complexity index is 563. The van der Waals surface area contributed by atoms with Crippen molar-refractivity contribution in [2.45, 2.75) is 46.5 Å². The molecule has 0 unspecified atom stereocenters. The minimum Gasteiger partial charge on any atom is -0.480 e. The fourth-order valence-electron chi connectivity index (χ4n) is 2.81. The third-order valence-corrected chi connectivity index (χ3v) is 4.64. The maximum atomic E-state index is 12.5. The van der Waals surface area contributed by atoms with Gasteiger partial charge in [0.1, 0.15) is 17.5 Å². The van der Waals surface area contributed by atoms with Gasteiger partial charge in [0, 0.05) is 12.8 Å². The van der Waals surface area contributed by atoms with Gasteiger partial charge in [-0.25, -0.2) is 4.98 Å². The zero-order valence-corrected chi connectivity index (χ0v) is 13.3. The van der Waals surface area contributed by atoms with Crippen molar-refractivity contribution in [3.05, 3.63) is 17.6 Å². The number of ether oxygens (including phenoxy) is 1. The van der Waals surface area contributed by atoms with Crippen LogP contribution in [-0.2, 0) is 9.59 Å². The topological polar surface area (TPSA) is 69.2 Å². The number of hydrogen-bond donors (Lipinski definition) is 0. The highest BCUT2D eigenvalue weighted by Crippen LogP contribution is 2.43. The molecular formula is C16H22N2O3. The van der Waals surface area contributed by atoms with Gasteiger partial charge in [0.15, 0.2) is 0 Å². The molecule has 0 bridgehead atoms. The minimum absolute atomic E-state index is 0.0509. The quantitative estimate of drug-likeness (QED) is 0.800. The molecule has 0 aromatic carbocycles. The number of Topliss-reactive ketones (excluding diaryl/α,β-unsaturated/α-hetero) is 2. The standard InChI is InChI=1S/C16H22N2O3/c1-9(2)16(4)6-11(19)14(12(20)7-16)15-10(3)18-13(21-5)8-17-15/h8-9,14H,6-7H2,1-5H3. The van der Waals surface area contributed by atoms with Crippen molar-refractivity contribution in [2.75, 3.05) is 7.11 Å². The Kier molecular flexibility index (Phi) is 4.12. The first-order chi connectivity index (χ1) is 9.78. The van der Waals surface area contributed by atoms with Crippen molar-refractivity contribution in [1.29, 1.82) is 0 Å². The van der Waals surface area contributed by atoms with E-state index >= 15 is 0 Å². The largest absolute Gasteiger partial charge is 0.480 e. The number of nitrogens with zero attached hydrogens (tertiary/aromatic N) is 2. The molecule has 1 fully saturated rings. The Morgan fingerprint density at radius 2 is 1.86 bits per heavy atom. The first-order valence-corrected chi connectivity index (χ1v) is 7.21. The first-order valence-electron chi connectivity index (χ1n) is 7.21. The molecule has 0 radical (unpaired) electrons. The Balaban J connectivity index is 2.34. The van der Waals surface area contributed by atoms with E-state index < -0.39 is 5.92 Å². The average molecular weight is 290 g/mol. The molecule has 21 heavy (non-hydrogen) atoms. The zero-order valence-electron chi connectivity index (χ0n) is 13.3. The van der Waals surface area contributed by atoms with Gasteiger partial charge in [-0.2, -0.15) is 0 Å². The summed E-state index contributed by atoms with van der Waals surface area (Å²) in [7, 11) is 1.51. The summed E-state index contributed by atoms with van der Waals surface area (Å²) in [6.07, 6.45) is 2.28. The van der Waals surface area contributed by atoms with Crippen molar-refractivity contribution in [3.8, 4) is 5.88 Å². The van der Waals surface area contributed by atoms with Crippen LogP contribution >= 0.6 is 0 Å². The number of methoxy groups -OCH3 is 1. The van der Waals surface area contributed by atoms with Crippen molar-refractivity contribution in [2.24, 2.45) is 11.3 Å². The molecule has 1 heterocycles. The van der Waals surface area contributed by atoms with Crippen LogP contribution in [0.2, 0.25) is 0 Å². The lowest BCUT2D eigenvalue weighted by atomic mass is 9.64. The molecule has 1 aliphatic rings. The van der Waals surface area contributed by atoms with Crippen LogP contribution in [0.3, 0.4) is 0 Å². The zero-order chi connectivity index (χ0) is 15.8. The highest BCUT2D eigenvalue weighted by molar-refractivity contribution is 6.10. The lowest BCUT2D eigenvalue weighted by Gasteiger charge is -2.38. The number of rotatable bonds is 3. The molecule has 1 aromatic rings. The molecule has 1 aliphatic carbocycles. The highest BCUT2D eigenvalue weighted by Gasteiger charge is 2.45. The van der Waals surface area contributed by atoms with Crippen molar-refractivity contribution in [3.63, 3.8) is 0 Å². The lowest BCUT2D eigenvalue weighted by molar-refractivity contribution is -0.137. The highest BCUT2D eigenvalue weighted by atomic mass is 16.5. The van der Waals surface area contributed by atoms with E-state index in [0.717, 1.165) is 0 Å². The summed E-state index contributed by atoms with van der Waals surface area (Å²) in [6.45, 7) is 7.87. The Morgan fingerprint density at radius 3 is 2.29 bits per heavy atom. The second-order valence-corrected chi connectivity index (χ2v) is 6.41. The van der Waals surface area contributed by atoms with Crippen LogP contribution in [0.4, 0.5) is 0 Å². The van der Waals surface area contributed by atoms with Gasteiger partial charge in [-0.05, 0) is 18.3 Å². The van der Waals surface area contributed by atoms with Gasteiger partial charge in [-0.15, -0.1) is 0 Å². The van der Waals surface area contributed by atoms with Gasteiger partial charge in [0.05, 0.1) is 24.7 Å². The van der Waals surface area contributed by atoms with Gasteiger partial charge in [-0.1, -0.05) is 20.8 Å². The summed E-state index contributed by atoms with van der Waals surface area (Å²) < 4.78 is 5.01. The van der Waals surface area contributed by atoms with E-state index in [-0.39, 0.29) is 22.9 Å². The Morgan fingerprint density at radius 1 is 1.29 bits per heavy atom. The second kappa shape index (κ2) is 5.54. The van der Waals surface area contributed by atoms with Crippen LogP contribution in [0, 0.1) is 18.3 Å². The van der Waals surface area contributed by atoms with Crippen molar-refractivity contribution >= 4 is 11.6 Å². The Labute approximate surface area is 125 Å². The average Bonchev–Trinajstić information content (AvgIpc) is 2.39. The molecule has 0 N–H and O–H groups in total. The van der Waals surface area contributed by atoms with E-state index in [1.807, 2.05) is 6.92 Å².